The van der Waals surface area contributed by atoms with E-state index >= 15 is 0 Å². The molecule has 0 saturated heterocycles. The number of hydrogen-bond acceptors (Lipinski definition) is 4. The lowest BCUT2D eigenvalue weighted by molar-refractivity contribution is -0.137. The third-order valence-electron chi connectivity index (χ3n) is 5.11. The van der Waals surface area contributed by atoms with Crippen LogP contribution in [0.15, 0.2) is 47.5 Å². The van der Waals surface area contributed by atoms with Gasteiger partial charge in [-0.25, -0.2) is 0 Å². The summed E-state index contributed by atoms with van der Waals surface area (Å²) in [7, 11) is 0. The van der Waals surface area contributed by atoms with Crippen molar-refractivity contribution in [3.05, 3.63) is 47.5 Å². The van der Waals surface area contributed by atoms with Gasteiger partial charge in [-0.1, -0.05) is 38.7 Å². The smallest absolute Gasteiger partial charge is 0.188 e. The molecule has 0 fully saturated rings. The molecule has 0 unspecified atom stereocenters. The molecule has 0 spiro atoms. The fourth-order valence-electron chi connectivity index (χ4n) is 3.46. The highest BCUT2D eigenvalue weighted by atomic mass is 16.5. The molecular weight excluding hydrogens is 328 g/mol. The van der Waals surface area contributed by atoms with Crippen molar-refractivity contribution in [2.24, 2.45) is 5.92 Å². The molecule has 0 radical (unpaired) electrons. The molecule has 1 aliphatic heterocycles. The molecule has 0 aromatic rings. The van der Waals surface area contributed by atoms with E-state index in [9.17, 15) is 14.7 Å². The lowest BCUT2D eigenvalue weighted by Crippen LogP contribution is -2.47. The number of aliphatic hydroxyl groups is 1. The first-order valence-corrected chi connectivity index (χ1v) is 9.61. The highest BCUT2D eigenvalue weighted by Gasteiger charge is 2.45. The van der Waals surface area contributed by atoms with Gasteiger partial charge in [0.25, 0.3) is 0 Å². The monoisotopic (exact) mass is 358 g/mol. The predicted molar refractivity (Wildman–Crippen MR) is 102 cm³/mol. The minimum Gasteiger partial charge on any atom is -0.465 e. The van der Waals surface area contributed by atoms with Crippen LogP contribution in [0.4, 0.5) is 0 Å². The number of carbonyl (C=O) groups excluding carboxylic acids is 2. The molecule has 1 heterocycles. The van der Waals surface area contributed by atoms with Crippen molar-refractivity contribution in [1.82, 2.24) is 0 Å². The Morgan fingerprint density at radius 1 is 1.27 bits per heavy atom. The molecule has 2 aliphatic rings. The van der Waals surface area contributed by atoms with Gasteiger partial charge in [-0.2, -0.15) is 0 Å². The zero-order valence-corrected chi connectivity index (χ0v) is 16.1. The largest absolute Gasteiger partial charge is 0.465 e. The molecule has 2 rings (SSSR count). The van der Waals surface area contributed by atoms with E-state index in [1.165, 1.54) is 25.8 Å². The standard InChI is InChI=1S/C22H30O4/c1-4-6-7-8-9-11-17(23)14-20-19-15-26-18(10-5-2)12-16(19)13-21(24)22(20,3)25/h5,10,12-13,15,20,25H,4,6-9,11,14H2,1-3H3/b10-5+/t20-,22-/m0/s1. The predicted octanol–water partition coefficient (Wildman–Crippen LogP) is 4.56. The van der Waals surface area contributed by atoms with Crippen molar-refractivity contribution in [2.45, 2.75) is 71.3 Å². The van der Waals surface area contributed by atoms with Crippen LogP contribution in [0.3, 0.4) is 0 Å². The van der Waals surface area contributed by atoms with E-state index in [0.29, 0.717) is 12.2 Å². The molecule has 0 aromatic heterocycles. The molecule has 1 aliphatic carbocycles. The highest BCUT2D eigenvalue weighted by molar-refractivity contribution is 6.01. The SMILES string of the molecule is C/C=C/C1=CC2=CC(=O)[C@@](C)(O)[C@@H](CC(=O)CCCCCCC)C2=CO1. The van der Waals surface area contributed by atoms with E-state index in [4.69, 9.17) is 4.74 Å². The van der Waals surface area contributed by atoms with Gasteiger partial charge in [0.2, 0.25) is 0 Å². The van der Waals surface area contributed by atoms with Gasteiger partial charge in [0.05, 0.1) is 6.26 Å². The Labute approximate surface area is 156 Å². The van der Waals surface area contributed by atoms with Crippen molar-refractivity contribution in [3.63, 3.8) is 0 Å². The Kier molecular flexibility index (Phi) is 7.15. The van der Waals surface area contributed by atoms with E-state index < -0.39 is 11.5 Å². The summed E-state index contributed by atoms with van der Waals surface area (Å²) >= 11 is 0. The number of ketones is 2. The number of ether oxygens (including phenoxy) is 1. The number of allylic oxidation sites excluding steroid dienone is 4. The van der Waals surface area contributed by atoms with E-state index in [1.807, 2.05) is 19.1 Å². The molecular formula is C22H30O4. The average molecular weight is 358 g/mol. The topological polar surface area (TPSA) is 63.6 Å². The highest BCUT2D eigenvalue weighted by Crippen LogP contribution is 2.41. The van der Waals surface area contributed by atoms with Crippen LogP contribution in [0.25, 0.3) is 0 Å². The zero-order valence-electron chi connectivity index (χ0n) is 16.1. The summed E-state index contributed by atoms with van der Waals surface area (Å²) in [6, 6.07) is 0. The Morgan fingerprint density at radius 3 is 2.69 bits per heavy atom. The summed E-state index contributed by atoms with van der Waals surface area (Å²) in [6.45, 7) is 5.54. The van der Waals surface area contributed by atoms with Crippen LogP contribution in [0.1, 0.15) is 65.7 Å². The fourth-order valence-corrected chi connectivity index (χ4v) is 3.46. The van der Waals surface area contributed by atoms with Crippen molar-refractivity contribution >= 4 is 11.6 Å². The Bertz CT molecular complexity index is 662. The number of unbranched alkanes of at least 4 members (excludes halogenated alkanes) is 4. The molecule has 4 heteroatoms. The minimum atomic E-state index is -1.58. The van der Waals surface area contributed by atoms with Crippen LogP contribution < -0.4 is 0 Å². The summed E-state index contributed by atoms with van der Waals surface area (Å²) in [4.78, 5) is 24.8. The molecule has 1 N–H and O–H groups in total. The van der Waals surface area contributed by atoms with E-state index in [1.54, 1.807) is 12.3 Å². The van der Waals surface area contributed by atoms with Crippen molar-refractivity contribution in [3.8, 4) is 0 Å². The zero-order chi connectivity index (χ0) is 19.2. The third-order valence-corrected chi connectivity index (χ3v) is 5.11. The third kappa shape index (κ3) is 4.82. The summed E-state index contributed by atoms with van der Waals surface area (Å²) in [5.74, 6) is -0.201. The maximum atomic E-state index is 12.4. The van der Waals surface area contributed by atoms with Gasteiger partial charge in [0.15, 0.2) is 5.78 Å². The molecule has 142 valence electrons. The quantitative estimate of drug-likeness (QED) is 0.614. The van der Waals surface area contributed by atoms with Gasteiger partial charge < -0.3 is 9.84 Å². The van der Waals surface area contributed by atoms with Crippen LogP contribution in [0.2, 0.25) is 0 Å². The van der Waals surface area contributed by atoms with Gasteiger partial charge in [0.1, 0.15) is 17.1 Å². The van der Waals surface area contributed by atoms with Crippen LogP contribution in [-0.4, -0.2) is 22.3 Å². The molecule has 2 atom stereocenters. The van der Waals surface area contributed by atoms with Gasteiger partial charge in [-0.3, -0.25) is 9.59 Å². The number of hydrogen-bond donors (Lipinski definition) is 1. The van der Waals surface area contributed by atoms with Gasteiger partial charge in [-0.15, -0.1) is 0 Å². The van der Waals surface area contributed by atoms with Gasteiger partial charge >= 0.3 is 0 Å². The van der Waals surface area contributed by atoms with Crippen molar-refractivity contribution < 1.29 is 19.4 Å². The number of rotatable bonds is 9. The van der Waals surface area contributed by atoms with Crippen LogP contribution >= 0.6 is 0 Å². The van der Waals surface area contributed by atoms with Crippen molar-refractivity contribution in [2.75, 3.05) is 0 Å². The molecule has 4 nitrogen and oxygen atoms in total. The Hall–Kier alpha value is -1.94. The van der Waals surface area contributed by atoms with E-state index in [-0.39, 0.29) is 18.0 Å². The maximum Gasteiger partial charge on any atom is 0.188 e. The minimum absolute atomic E-state index is 0.0879. The normalized spacial score (nSPS) is 25.3. The van der Waals surface area contributed by atoms with E-state index in [2.05, 4.69) is 6.92 Å². The number of carbonyl (C=O) groups is 2. The Balaban J connectivity index is 2.08. The summed E-state index contributed by atoms with van der Waals surface area (Å²) in [5, 5.41) is 10.7. The molecule has 0 saturated carbocycles. The van der Waals surface area contributed by atoms with Crippen LogP contribution in [0.5, 0.6) is 0 Å². The first-order valence-electron chi connectivity index (χ1n) is 9.61. The second-order valence-corrected chi connectivity index (χ2v) is 7.31. The molecule has 26 heavy (non-hydrogen) atoms. The van der Waals surface area contributed by atoms with Crippen LogP contribution in [-0.2, 0) is 14.3 Å². The lowest BCUT2D eigenvalue weighted by atomic mass is 9.70. The second-order valence-electron chi connectivity index (χ2n) is 7.31. The van der Waals surface area contributed by atoms with Crippen molar-refractivity contribution in [1.29, 1.82) is 0 Å². The first kappa shape index (κ1) is 20.4. The molecule has 0 aromatic carbocycles. The van der Waals surface area contributed by atoms with Gasteiger partial charge in [-0.05, 0) is 44.1 Å². The lowest BCUT2D eigenvalue weighted by Gasteiger charge is -2.37. The number of Topliss-reactive ketones (excluding diaryl/α,β-unsaturated/α-hetero) is 1. The summed E-state index contributed by atoms with van der Waals surface area (Å²) in [5.41, 5.74) is -0.133. The number of fused-ring (bicyclic) bond motifs is 1. The first-order chi connectivity index (χ1) is 12.4. The maximum absolute atomic E-state index is 12.4. The van der Waals surface area contributed by atoms with Gasteiger partial charge in [0, 0.05) is 24.3 Å². The molecule has 0 bridgehead atoms. The summed E-state index contributed by atoms with van der Waals surface area (Å²) < 4.78 is 5.59. The average Bonchev–Trinajstić information content (AvgIpc) is 2.59. The Morgan fingerprint density at radius 2 is 2.00 bits per heavy atom. The fraction of sp³-hybridized carbons (Fsp3) is 0.545. The second kappa shape index (κ2) is 9.13. The summed E-state index contributed by atoms with van der Waals surface area (Å²) in [6.07, 6.45) is 14.5. The van der Waals surface area contributed by atoms with Crippen LogP contribution in [0, 0.1) is 5.92 Å². The van der Waals surface area contributed by atoms with E-state index in [0.717, 1.165) is 30.4 Å². The molecule has 0 amide bonds.